The first-order valence-electron chi connectivity index (χ1n) is 10.9. The van der Waals surface area contributed by atoms with Crippen LogP contribution < -0.4 is 0 Å². The molecule has 1 unspecified atom stereocenters. The third-order valence-electron chi connectivity index (χ3n) is 5.96. The van der Waals surface area contributed by atoms with Gasteiger partial charge in [0.2, 0.25) is 11.8 Å². The summed E-state index contributed by atoms with van der Waals surface area (Å²) in [5.74, 6) is 0.0248. The standard InChI is InChI=1S/C23H31Cl2N3O3/c1-31-19-4-2-10-26(17-19)11-3-12-27-14-15-28(13-9-23(27)30)22(29)8-6-18-5-7-20(24)21(25)16-18/h5-8,16,19H,2-4,9-15,17H2,1H3. The summed E-state index contributed by atoms with van der Waals surface area (Å²) in [6.45, 7) is 5.34. The molecule has 1 aromatic carbocycles. The topological polar surface area (TPSA) is 53.1 Å². The van der Waals surface area contributed by atoms with Crippen LogP contribution in [0, 0.1) is 0 Å². The van der Waals surface area contributed by atoms with Crippen molar-refractivity contribution in [1.29, 1.82) is 0 Å². The van der Waals surface area contributed by atoms with Crippen molar-refractivity contribution in [2.24, 2.45) is 0 Å². The van der Waals surface area contributed by atoms with Crippen LogP contribution >= 0.6 is 23.2 Å². The van der Waals surface area contributed by atoms with Gasteiger partial charge in [0, 0.05) is 52.3 Å². The van der Waals surface area contributed by atoms with E-state index in [1.54, 1.807) is 30.2 Å². The molecule has 2 fully saturated rings. The van der Waals surface area contributed by atoms with Gasteiger partial charge in [0.05, 0.1) is 16.1 Å². The number of benzene rings is 1. The second-order valence-corrected chi connectivity index (χ2v) is 8.93. The molecule has 0 aliphatic carbocycles. The van der Waals surface area contributed by atoms with Crippen molar-refractivity contribution in [3.05, 3.63) is 39.9 Å². The van der Waals surface area contributed by atoms with Crippen molar-refractivity contribution in [3.8, 4) is 0 Å². The summed E-state index contributed by atoms with van der Waals surface area (Å²) in [7, 11) is 1.77. The first-order chi connectivity index (χ1) is 15.0. The van der Waals surface area contributed by atoms with E-state index in [0.717, 1.165) is 51.0 Å². The Bertz CT molecular complexity index is 802. The van der Waals surface area contributed by atoms with E-state index in [2.05, 4.69) is 4.90 Å². The van der Waals surface area contributed by atoms with Crippen molar-refractivity contribution in [1.82, 2.24) is 14.7 Å². The van der Waals surface area contributed by atoms with E-state index in [9.17, 15) is 9.59 Å². The fourth-order valence-corrected chi connectivity index (χ4v) is 4.41. The van der Waals surface area contributed by atoms with E-state index in [0.29, 0.717) is 42.2 Å². The highest BCUT2D eigenvalue weighted by molar-refractivity contribution is 6.42. The van der Waals surface area contributed by atoms with Crippen LogP contribution in [0.4, 0.5) is 0 Å². The Morgan fingerprint density at radius 1 is 1.16 bits per heavy atom. The number of methoxy groups -OCH3 is 1. The first kappa shape index (κ1) is 24.1. The maximum Gasteiger partial charge on any atom is 0.246 e. The third kappa shape index (κ3) is 7.21. The van der Waals surface area contributed by atoms with Crippen LogP contribution in [0.2, 0.25) is 10.0 Å². The smallest absolute Gasteiger partial charge is 0.246 e. The average Bonchev–Trinajstić information content (AvgIpc) is 2.96. The number of carbonyl (C=O) groups excluding carboxylic acids is 2. The molecule has 2 saturated heterocycles. The molecule has 6 nitrogen and oxygen atoms in total. The summed E-state index contributed by atoms with van der Waals surface area (Å²) in [4.78, 5) is 31.2. The van der Waals surface area contributed by atoms with Gasteiger partial charge in [-0.05, 0) is 56.1 Å². The predicted octanol–water partition coefficient (Wildman–Crippen LogP) is 3.57. The Kier molecular flexibility index (Phi) is 9.20. The molecule has 0 radical (unpaired) electrons. The van der Waals surface area contributed by atoms with Gasteiger partial charge in [-0.25, -0.2) is 0 Å². The van der Waals surface area contributed by atoms with E-state index >= 15 is 0 Å². The summed E-state index contributed by atoms with van der Waals surface area (Å²) < 4.78 is 5.48. The fraction of sp³-hybridized carbons (Fsp3) is 0.565. The van der Waals surface area contributed by atoms with Gasteiger partial charge in [-0.15, -0.1) is 0 Å². The third-order valence-corrected chi connectivity index (χ3v) is 6.70. The zero-order valence-electron chi connectivity index (χ0n) is 18.1. The minimum Gasteiger partial charge on any atom is -0.380 e. The molecule has 2 heterocycles. The number of likely N-dealkylation sites (tertiary alicyclic amines) is 1. The van der Waals surface area contributed by atoms with Crippen LogP contribution in [0.15, 0.2) is 24.3 Å². The summed E-state index contributed by atoms with van der Waals surface area (Å²) >= 11 is 12.0. The number of hydrogen-bond donors (Lipinski definition) is 0. The van der Waals surface area contributed by atoms with Crippen LogP contribution in [0.1, 0.15) is 31.2 Å². The quantitative estimate of drug-likeness (QED) is 0.575. The van der Waals surface area contributed by atoms with Crippen molar-refractivity contribution >= 4 is 41.1 Å². The predicted molar refractivity (Wildman–Crippen MR) is 124 cm³/mol. The summed E-state index contributed by atoms with van der Waals surface area (Å²) in [6, 6.07) is 5.23. The van der Waals surface area contributed by atoms with Crippen LogP contribution in [0.3, 0.4) is 0 Å². The van der Waals surface area contributed by atoms with E-state index in [-0.39, 0.29) is 11.8 Å². The first-order valence-corrected chi connectivity index (χ1v) is 11.7. The monoisotopic (exact) mass is 467 g/mol. The highest BCUT2D eigenvalue weighted by Crippen LogP contribution is 2.23. The lowest BCUT2D eigenvalue weighted by Gasteiger charge is -2.32. The second kappa shape index (κ2) is 11.9. The molecule has 3 rings (SSSR count). The molecule has 8 heteroatoms. The number of halogens is 2. The lowest BCUT2D eigenvalue weighted by molar-refractivity contribution is -0.130. The van der Waals surface area contributed by atoms with Crippen LogP contribution in [-0.4, -0.2) is 85.5 Å². The van der Waals surface area contributed by atoms with Crippen molar-refractivity contribution in [2.45, 2.75) is 31.8 Å². The van der Waals surface area contributed by atoms with E-state index in [1.807, 2.05) is 11.0 Å². The van der Waals surface area contributed by atoms with Gasteiger partial charge in [-0.1, -0.05) is 29.3 Å². The molecule has 0 aromatic heterocycles. The van der Waals surface area contributed by atoms with Crippen molar-refractivity contribution < 1.29 is 14.3 Å². The Labute approximate surface area is 194 Å². The SMILES string of the molecule is COC1CCCN(CCCN2CCN(C(=O)C=Cc3ccc(Cl)c(Cl)c3)CCC2=O)C1. The van der Waals surface area contributed by atoms with Crippen LogP contribution in [-0.2, 0) is 14.3 Å². The molecule has 0 N–H and O–H groups in total. The maximum atomic E-state index is 12.6. The number of piperidine rings is 1. The second-order valence-electron chi connectivity index (χ2n) is 8.12. The van der Waals surface area contributed by atoms with Crippen LogP contribution in [0.25, 0.3) is 6.08 Å². The number of carbonyl (C=O) groups is 2. The lowest BCUT2D eigenvalue weighted by atomic mass is 10.1. The number of amides is 2. The van der Waals surface area contributed by atoms with Gasteiger partial charge in [-0.2, -0.15) is 0 Å². The number of rotatable bonds is 7. The molecule has 2 aliphatic rings. The lowest BCUT2D eigenvalue weighted by Crippen LogP contribution is -2.41. The Morgan fingerprint density at radius 3 is 2.77 bits per heavy atom. The molecule has 1 atom stereocenters. The highest BCUT2D eigenvalue weighted by atomic mass is 35.5. The number of hydrogen-bond acceptors (Lipinski definition) is 4. The molecule has 170 valence electrons. The zero-order valence-corrected chi connectivity index (χ0v) is 19.6. The summed E-state index contributed by atoms with van der Waals surface area (Å²) in [5, 5.41) is 0.935. The van der Waals surface area contributed by atoms with Gasteiger partial charge in [0.1, 0.15) is 0 Å². The van der Waals surface area contributed by atoms with Gasteiger partial charge in [0.15, 0.2) is 0 Å². The minimum atomic E-state index is -0.0975. The molecule has 31 heavy (non-hydrogen) atoms. The average molecular weight is 468 g/mol. The normalized spacial score (nSPS) is 21.0. The Hall–Kier alpha value is -1.60. The van der Waals surface area contributed by atoms with E-state index < -0.39 is 0 Å². The van der Waals surface area contributed by atoms with E-state index in [4.69, 9.17) is 27.9 Å². The molecule has 2 amide bonds. The van der Waals surface area contributed by atoms with Gasteiger partial charge in [-0.3, -0.25) is 9.59 Å². The van der Waals surface area contributed by atoms with Gasteiger partial charge in [0.25, 0.3) is 0 Å². The number of nitrogens with zero attached hydrogens (tertiary/aromatic N) is 3. The largest absolute Gasteiger partial charge is 0.380 e. The van der Waals surface area contributed by atoms with Gasteiger partial charge < -0.3 is 19.4 Å². The minimum absolute atomic E-state index is 0.0975. The van der Waals surface area contributed by atoms with Crippen molar-refractivity contribution in [2.75, 3.05) is 52.9 Å². The molecule has 1 aromatic rings. The molecule has 0 saturated carbocycles. The molecule has 0 bridgehead atoms. The zero-order chi connectivity index (χ0) is 22.2. The fourth-order valence-electron chi connectivity index (χ4n) is 4.11. The number of ether oxygens (including phenoxy) is 1. The Balaban J connectivity index is 1.45. The summed E-state index contributed by atoms with van der Waals surface area (Å²) in [5.41, 5.74) is 0.809. The molecule has 2 aliphatic heterocycles. The molecular formula is C23H31Cl2N3O3. The highest BCUT2D eigenvalue weighted by Gasteiger charge is 2.23. The Morgan fingerprint density at radius 2 is 2.00 bits per heavy atom. The van der Waals surface area contributed by atoms with Crippen LogP contribution in [0.5, 0.6) is 0 Å². The maximum absolute atomic E-state index is 12.6. The molecule has 0 spiro atoms. The van der Waals surface area contributed by atoms with E-state index in [1.165, 1.54) is 6.08 Å². The van der Waals surface area contributed by atoms with Gasteiger partial charge >= 0.3 is 0 Å². The summed E-state index contributed by atoms with van der Waals surface area (Å²) in [6.07, 6.45) is 7.16. The van der Waals surface area contributed by atoms with Crippen molar-refractivity contribution in [3.63, 3.8) is 0 Å². The molecular weight excluding hydrogens is 437 g/mol.